The van der Waals surface area contributed by atoms with Gasteiger partial charge < -0.3 is 0 Å². The SMILES string of the molecule is CC(C)N(CCPCc1ccccc1)C(C)C. The molecule has 2 heteroatoms. The molecule has 0 spiro atoms. The molecule has 1 rings (SSSR count). The van der Waals surface area contributed by atoms with E-state index in [1.165, 1.54) is 24.4 Å². The van der Waals surface area contributed by atoms with Crippen LogP contribution in [0.25, 0.3) is 0 Å². The van der Waals surface area contributed by atoms with Gasteiger partial charge in [-0.05, 0) is 45.6 Å². The summed E-state index contributed by atoms with van der Waals surface area (Å²) >= 11 is 0. The van der Waals surface area contributed by atoms with Gasteiger partial charge in [0.25, 0.3) is 0 Å². The van der Waals surface area contributed by atoms with Gasteiger partial charge >= 0.3 is 0 Å². The van der Waals surface area contributed by atoms with E-state index in [4.69, 9.17) is 0 Å². The third-order valence-electron chi connectivity index (χ3n) is 3.05. The lowest BCUT2D eigenvalue weighted by Gasteiger charge is -2.30. The number of rotatable bonds is 7. The van der Waals surface area contributed by atoms with Gasteiger partial charge in [-0.1, -0.05) is 30.3 Å². The Labute approximate surface area is 108 Å². The van der Waals surface area contributed by atoms with Crippen molar-refractivity contribution in [3.63, 3.8) is 0 Å². The molecule has 1 unspecified atom stereocenters. The van der Waals surface area contributed by atoms with Gasteiger partial charge in [-0.15, -0.1) is 8.58 Å². The summed E-state index contributed by atoms with van der Waals surface area (Å²) in [4.78, 5) is 2.58. The molecule has 0 saturated carbocycles. The second kappa shape index (κ2) is 7.84. The molecule has 0 N–H and O–H groups in total. The van der Waals surface area contributed by atoms with E-state index in [0.717, 1.165) is 8.58 Å². The van der Waals surface area contributed by atoms with Gasteiger partial charge in [0.05, 0.1) is 0 Å². The second-order valence-corrected chi connectivity index (χ2v) is 6.44. The Balaban J connectivity index is 2.23. The summed E-state index contributed by atoms with van der Waals surface area (Å²) in [6, 6.07) is 12.1. The molecule has 0 amide bonds. The summed E-state index contributed by atoms with van der Waals surface area (Å²) in [5.74, 6) is 0. The normalized spacial score (nSPS) is 12.4. The first kappa shape index (κ1) is 14.7. The number of nitrogens with zero attached hydrogens (tertiary/aromatic N) is 1. The van der Waals surface area contributed by atoms with Crippen molar-refractivity contribution < 1.29 is 0 Å². The van der Waals surface area contributed by atoms with Gasteiger partial charge in [0, 0.05) is 18.6 Å². The smallest absolute Gasteiger partial charge is 0.00414 e. The van der Waals surface area contributed by atoms with Crippen molar-refractivity contribution in [2.75, 3.05) is 12.7 Å². The maximum atomic E-state index is 2.58. The van der Waals surface area contributed by atoms with Crippen LogP contribution >= 0.6 is 8.58 Å². The van der Waals surface area contributed by atoms with Gasteiger partial charge in [0.1, 0.15) is 0 Å². The van der Waals surface area contributed by atoms with Crippen molar-refractivity contribution in [1.29, 1.82) is 0 Å². The zero-order valence-electron chi connectivity index (χ0n) is 11.6. The zero-order chi connectivity index (χ0) is 12.7. The Hall–Kier alpha value is -0.390. The van der Waals surface area contributed by atoms with Crippen LogP contribution < -0.4 is 0 Å². The molecular formula is C15H26NP. The zero-order valence-corrected chi connectivity index (χ0v) is 12.6. The van der Waals surface area contributed by atoms with Crippen LogP contribution in [0.1, 0.15) is 33.3 Å². The van der Waals surface area contributed by atoms with Gasteiger partial charge in [-0.25, -0.2) is 0 Å². The fourth-order valence-corrected chi connectivity index (χ4v) is 3.27. The predicted octanol–water partition coefficient (Wildman–Crippen LogP) is 3.98. The van der Waals surface area contributed by atoms with Crippen molar-refractivity contribution in [2.45, 2.75) is 45.9 Å². The van der Waals surface area contributed by atoms with Crippen LogP contribution in [0.15, 0.2) is 30.3 Å². The first-order chi connectivity index (χ1) is 8.11. The minimum atomic E-state index is 0.663. The molecule has 0 aliphatic heterocycles. The molecule has 96 valence electrons. The minimum Gasteiger partial charge on any atom is -0.298 e. The topological polar surface area (TPSA) is 3.24 Å². The monoisotopic (exact) mass is 251 g/mol. The van der Waals surface area contributed by atoms with Crippen molar-refractivity contribution >= 4 is 8.58 Å². The fourth-order valence-electron chi connectivity index (χ4n) is 2.15. The van der Waals surface area contributed by atoms with E-state index in [1.54, 1.807) is 0 Å². The van der Waals surface area contributed by atoms with E-state index in [-0.39, 0.29) is 0 Å². The van der Waals surface area contributed by atoms with E-state index >= 15 is 0 Å². The Bertz CT molecular complexity index is 287. The number of hydrogen-bond acceptors (Lipinski definition) is 1. The van der Waals surface area contributed by atoms with Crippen LogP contribution in [0.5, 0.6) is 0 Å². The van der Waals surface area contributed by atoms with Crippen molar-refractivity contribution in [3.05, 3.63) is 35.9 Å². The molecular weight excluding hydrogens is 225 g/mol. The lowest BCUT2D eigenvalue weighted by atomic mass is 10.2. The molecule has 0 aromatic heterocycles. The molecule has 0 radical (unpaired) electrons. The van der Waals surface area contributed by atoms with Gasteiger partial charge in [0.15, 0.2) is 0 Å². The third-order valence-corrected chi connectivity index (χ3v) is 4.28. The Morgan fingerprint density at radius 1 is 1.00 bits per heavy atom. The molecule has 0 bridgehead atoms. The molecule has 1 aromatic rings. The maximum absolute atomic E-state index is 2.58. The number of benzene rings is 1. The second-order valence-electron chi connectivity index (χ2n) is 5.09. The molecule has 0 fully saturated rings. The highest BCUT2D eigenvalue weighted by atomic mass is 31.1. The third kappa shape index (κ3) is 5.66. The summed E-state index contributed by atoms with van der Waals surface area (Å²) in [6.45, 7) is 10.4. The van der Waals surface area contributed by atoms with E-state index in [1.807, 2.05) is 0 Å². The molecule has 1 aromatic carbocycles. The van der Waals surface area contributed by atoms with E-state index in [0.29, 0.717) is 12.1 Å². The van der Waals surface area contributed by atoms with Crippen LogP contribution in [0.3, 0.4) is 0 Å². The van der Waals surface area contributed by atoms with Crippen molar-refractivity contribution in [3.8, 4) is 0 Å². The molecule has 17 heavy (non-hydrogen) atoms. The quantitative estimate of drug-likeness (QED) is 0.523. The highest BCUT2D eigenvalue weighted by Gasteiger charge is 2.11. The standard InChI is InChI=1S/C15H26NP/c1-13(2)16(14(3)4)10-11-17-12-15-8-6-5-7-9-15/h5-9,13-14,17H,10-12H2,1-4H3. The fraction of sp³-hybridized carbons (Fsp3) is 0.600. The number of hydrogen-bond donors (Lipinski definition) is 0. The predicted molar refractivity (Wildman–Crippen MR) is 80.3 cm³/mol. The molecule has 0 aliphatic rings. The Morgan fingerprint density at radius 2 is 1.59 bits per heavy atom. The average molecular weight is 251 g/mol. The average Bonchev–Trinajstić information content (AvgIpc) is 2.29. The van der Waals surface area contributed by atoms with Crippen molar-refractivity contribution in [1.82, 2.24) is 4.90 Å². The molecule has 0 heterocycles. The van der Waals surface area contributed by atoms with E-state index < -0.39 is 0 Å². The molecule has 0 saturated heterocycles. The Kier molecular flexibility index (Phi) is 6.77. The van der Waals surface area contributed by atoms with Crippen LogP contribution in [0.2, 0.25) is 0 Å². The first-order valence-electron chi connectivity index (χ1n) is 6.61. The summed E-state index contributed by atoms with van der Waals surface area (Å²) in [5.41, 5.74) is 1.48. The first-order valence-corrected chi connectivity index (χ1v) is 8.03. The molecule has 1 nitrogen and oxygen atoms in total. The summed E-state index contributed by atoms with van der Waals surface area (Å²) in [6.07, 6.45) is 2.57. The van der Waals surface area contributed by atoms with Crippen LogP contribution in [0, 0.1) is 0 Å². The highest BCUT2D eigenvalue weighted by molar-refractivity contribution is 7.37. The van der Waals surface area contributed by atoms with E-state index in [2.05, 4.69) is 62.9 Å². The summed E-state index contributed by atoms with van der Waals surface area (Å²) in [7, 11) is 1.05. The van der Waals surface area contributed by atoms with Gasteiger partial charge in [-0.2, -0.15) is 0 Å². The maximum Gasteiger partial charge on any atom is 0.00414 e. The molecule has 1 atom stereocenters. The largest absolute Gasteiger partial charge is 0.298 e. The van der Waals surface area contributed by atoms with Crippen molar-refractivity contribution in [2.24, 2.45) is 0 Å². The van der Waals surface area contributed by atoms with Crippen LogP contribution in [0.4, 0.5) is 0 Å². The lowest BCUT2D eigenvalue weighted by Crippen LogP contribution is -2.38. The van der Waals surface area contributed by atoms with Crippen LogP contribution in [-0.4, -0.2) is 29.7 Å². The van der Waals surface area contributed by atoms with Crippen LogP contribution in [-0.2, 0) is 6.16 Å². The minimum absolute atomic E-state index is 0.663. The lowest BCUT2D eigenvalue weighted by molar-refractivity contribution is 0.187. The molecule has 0 aliphatic carbocycles. The Morgan fingerprint density at radius 3 is 2.12 bits per heavy atom. The van der Waals surface area contributed by atoms with Gasteiger partial charge in [-0.3, -0.25) is 4.90 Å². The van der Waals surface area contributed by atoms with E-state index in [9.17, 15) is 0 Å². The summed E-state index contributed by atoms with van der Waals surface area (Å²) < 4.78 is 0. The highest BCUT2D eigenvalue weighted by Crippen LogP contribution is 2.19. The van der Waals surface area contributed by atoms with Gasteiger partial charge in [0.2, 0.25) is 0 Å². The summed E-state index contributed by atoms with van der Waals surface area (Å²) in [5, 5.41) is 0.